The Balaban J connectivity index is 1.80. The quantitative estimate of drug-likeness (QED) is 0.585. The van der Waals surface area contributed by atoms with E-state index < -0.39 is 18.0 Å². The van der Waals surface area contributed by atoms with Crippen LogP contribution in [0.15, 0.2) is 60.7 Å². The number of hydrogen-bond acceptors (Lipinski definition) is 3. The molecule has 0 aliphatic carbocycles. The predicted octanol–water partition coefficient (Wildman–Crippen LogP) is 4.70. The van der Waals surface area contributed by atoms with E-state index in [4.69, 9.17) is 0 Å². The molecule has 0 aliphatic heterocycles. The van der Waals surface area contributed by atoms with E-state index in [0.29, 0.717) is 11.5 Å². The normalized spacial score (nSPS) is 12.4. The third-order valence-corrected chi connectivity index (χ3v) is 4.40. The number of hydrogen-bond donors (Lipinski definition) is 3. The maximum atomic E-state index is 13.3. The first-order valence-corrected chi connectivity index (χ1v) is 9.37. The van der Waals surface area contributed by atoms with E-state index in [9.17, 15) is 14.3 Å². The van der Waals surface area contributed by atoms with Gasteiger partial charge < -0.3 is 10.4 Å². The zero-order valence-corrected chi connectivity index (χ0v) is 16.7. The summed E-state index contributed by atoms with van der Waals surface area (Å²) in [5, 5.41) is 20.5. The van der Waals surface area contributed by atoms with Crippen LogP contribution in [0, 0.1) is 5.82 Å². The fraction of sp³-hybridized carbons (Fsp3) is 0.273. The fourth-order valence-electron chi connectivity index (χ4n) is 2.81. The number of nitrogens with one attached hydrogen (secondary N) is 2. The highest BCUT2D eigenvalue weighted by Gasteiger charge is 2.22. The van der Waals surface area contributed by atoms with Gasteiger partial charge in [-0.05, 0) is 23.8 Å². The second kappa shape index (κ2) is 8.45. The number of aliphatic hydroxyl groups excluding tert-OH is 1. The molecule has 6 nitrogen and oxygen atoms in total. The molecule has 0 radical (unpaired) electrons. The van der Waals surface area contributed by atoms with Gasteiger partial charge in [-0.3, -0.25) is 5.32 Å². The van der Waals surface area contributed by atoms with E-state index in [1.54, 1.807) is 16.8 Å². The average Bonchev–Trinajstić information content (AvgIpc) is 3.05. The largest absolute Gasteiger partial charge is 0.386 e. The van der Waals surface area contributed by atoms with Crippen molar-refractivity contribution in [1.82, 2.24) is 9.78 Å². The molecular formula is C22H25FN4O2. The topological polar surface area (TPSA) is 79.2 Å². The molecule has 0 saturated carbocycles. The Bertz CT molecular complexity index is 980. The van der Waals surface area contributed by atoms with Crippen LogP contribution in [-0.4, -0.2) is 20.9 Å². The van der Waals surface area contributed by atoms with Crippen molar-refractivity contribution < 1.29 is 14.3 Å². The molecule has 3 aromatic rings. The number of urea groups is 1. The van der Waals surface area contributed by atoms with Gasteiger partial charge >= 0.3 is 6.03 Å². The van der Waals surface area contributed by atoms with Crippen LogP contribution in [-0.2, 0) is 12.0 Å². The lowest BCUT2D eigenvalue weighted by atomic mass is 9.92. The van der Waals surface area contributed by atoms with Crippen LogP contribution in [0.3, 0.4) is 0 Å². The summed E-state index contributed by atoms with van der Waals surface area (Å²) in [6, 6.07) is 16.2. The van der Waals surface area contributed by atoms with Crippen molar-refractivity contribution in [3.63, 3.8) is 0 Å². The number of nitrogens with zero attached hydrogens (tertiary/aromatic N) is 2. The monoisotopic (exact) mass is 396 g/mol. The highest BCUT2D eigenvalue weighted by molar-refractivity contribution is 5.99. The van der Waals surface area contributed by atoms with E-state index in [1.807, 2.05) is 51.1 Å². The molecule has 0 fully saturated rings. The molecule has 0 saturated heterocycles. The van der Waals surface area contributed by atoms with Gasteiger partial charge in [0.2, 0.25) is 0 Å². The summed E-state index contributed by atoms with van der Waals surface area (Å²) in [5.41, 5.74) is 1.64. The van der Waals surface area contributed by atoms with Gasteiger partial charge in [-0.2, -0.15) is 5.10 Å². The van der Waals surface area contributed by atoms with E-state index in [-0.39, 0.29) is 12.0 Å². The van der Waals surface area contributed by atoms with Gasteiger partial charge in [0, 0.05) is 17.2 Å². The van der Waals surface area contributed by atoms with Crippen molar-refractivity contribution >= 4 is 17.5 Å². The Kier molecular flexibility index (Phi) is 5.98. The molecule has 2 amide bonds. The van der Waals surface area contributed by atoms with Crippen molar-refractivity contribution in [2.45, 2.75) is 38.8 Å². The Labute approximate surface area is 169 Å². The summed E-state index contributed by atoms with van der Waals surface area (Å²) in [6.45, 7) is 6.23. The zero-order chi connectivity index (χ0) is 21.0. The number of carbonyl (C=O) groups excluding carboxylic acids is 1. The Morgan fingerprint density at radius 2 is 1.83 bits per heavy atom. The molecule has 1 atom stereocenters. The molecule has 0 aliphatic rings. The molecule has 2 aromatic carbocycles. The van der Waals surface area contributed by atoms with Crippen LogP contribution >= 0.6 is 0 Å². The van der Waals surface area contributed by atoms with Crippen LogP contribution in [0.2, 0.25) is 0 Å². The van der Waals surface area contributed by atoms with Crippen molar-refractivity contribution in [3.8, 4) is 0 Å². The number of carbonyl (C=O) groups is 1. The number of aliphatic hydroxyl groups is 1. The lowest BCUT2D eigenvalue weighted by molar-refractivity contribution is 0.152. The highest BCUT2D eigenvalue weighted by Crippen LogP contribution is 2.26. The Hall–Kier alpha value is -3.19. The number of aromatic nitrogens is 2. The highest BCUT2D eigenvalue weighted by atomic mass is 19.1. The van der Waals surface area contributed by atoms with Crippen molar-refractivity contribution in [3.05, 3.63) is 77.7 Å². The van der Waals surface area contributed by atoms with Crippen LogP contribution in [0.4, 0.5) is 20.7 Å². The molecule has 3 N–H and O–H groups in total. The molecule has 1 unspecified atom stereocenters. The second-order valence-electron chi connectivity index (χ2n) is 7.86. The number of halogens is 1. The van der Waals surface area contributed by atoms with E-state index in [1.165, 1.54) is 18.2 Å². The maximum absolute atomic E-state index is 13.3. The van der Waals surface area contributed by atoms with Gasteiger partial charge in [-0.1, -0.05) is 57.2 Å². The van der Waals surface area contributed by atoms with E-state index in [2.05, 4.69) is 15.7 Å². The summed E-state index contributed by atoms with van der Waals surface area (Å²) in [4.78, 5) is 12.4. The minimum absolute atomic E-state index is 0.176. The number of anilines is 2. The standard InChI is InChI=1S/C22H25FN4O2/c1-22(2,3)19-13-20(25-21(29)24-17-11-7-10-16(23)12-17)27(26-19)14-18(28)15-8-5-4-6-9-15/h4-13,18,28H,14H2,1-3H3,(H2,24,25,29). The minimum Gasteiger partial charge on any atom is -0.386 e. The average molecular weight is 396 g/mol. The van der Waals surface area contributed by atoms with Gasteiger partial charge in [-0.15, -0.1) is 0 Å². The van der Waals surface area contributed by atoms with Gasteiger partial charge in [0.05, 0.1) is 18.3 Å². The second-order valence-corrected chi connectivity index (χ2v) is 7.86. The molecule has 3 rings (SSSR count). The molecule has 0 spiro atoms. The van der Waals surface area contributed by atoms with Crippen LogP contribution in [0.1, 0.15) is 38.1 Å². The molecule has 152 valence electrons. The Morgan fingerprint density at radius 3 is 2.48 bits per heavy atom. The first-order valence-electron chi connectivity index (χ1n) is 9.37. The first kappa shape index (κ1) is 20.5. The first-order chi connectivity index (χ1) is 13.7. The summed E-state index contributed by atoms with van der Waals surface area (Å²) < 4.78 is 14.9. The SMILES string of the molecule is CC(C)(C)c1cc(NC(=O)Nc2cccc(F)c2)n(CC(O)c2ccccc2)n1. The fourth-order valence-corrected chi connectivity index (χ4v) is 2.81. The third-order valence-electron chi connectivity index (χ3n) is 4.40. The predicted molar refractivity (Wildman–Crippen MR) is 111 cm³/mol. The van der Waals surface area contributed by atoms with Crippen LogP contribution < -0.4 is 10.6 Å². The van der Waals surface area contributed by atoms with E-state index in [0.717, 1.165) is 11.3 Å². The Morgan fingerprint density at radius 1 is 1.10 bits per heavy atom. The summed E-state index contributed by atoms with van der Waals surface area (Å²) in [5.74, 6) is 0.00709. The summed E-state index contributed by atoms with van der Waals surface area (Å²) >= 11 is 0. The number of rotatable bonds is 5. The molecule has 1 heterocycles. The molecule has 7 heteroatoms. The third kappa shape index (κ3) is 5.42. The van der Waals surface area contributed by atoms with Gasteiger partial charge in [-0.25, -0.2) is 13.9 Å². The number of amides is 2. The van der Waals surface area contributed by atoms with E-state index >= 15 is 0 Å². The zero-order valence-electron chi connectivity index (χ0n) is 16.7. The van der Waals surface area contributed by atoms with Gasteiger partial charge in [0.1, 0.15) is 11.6 Å². The summed E-state index contributed by atoms with van der Waals surface area (Å²) in [7, 11) is 0. The van der Waals surface area contributed by atoms with Crippen molar-refractivity contribution in [1.29, 1.82) is 0 Å². The van der Waals surface area contributed by atoms with Crippen molar-refractivity contribution in [2.75, 3.05) is 10.6 Å². The van der Waals surface area contributed by atoms with Crippen LogP contribution in [0.25, 0.3) is 0 Å². The van der Waals surface area contributed by atoms with Crippen molar-refractivity contribution in [2.24, 2.45) is 0 Å². The molecular weight excluding hydrogens is 371 g/mol. The summed E-state index contributed by atoms with van der Waals surface area (Å²) in [6.07, 6.45) is -0.782. The molecule has 29 heavy (non-hydrogen) atoms. The lowest BCUT2D eigenvalue weighted by Gasteiger charge is -2.15. The molecule has 0 bridgehead atoms. The smallest absolute Gasteiger partial charge is 0.324 e. The lowest BCUT2D eigenvalue weighted by Crippen LogP contribution is -2.22. The van der Waals surface area contributed by atoms with Crippen LogP contribution in [0.5, 0.6) is 0 Å². The maximum Gasteiger partial charge on any atom is 0.324 e. The van der Waals surface area contributed by atoms with Gasteiger partial charge in [0.15, 0.2) is 0 Å². The minimum atomic E-state index is -0.782. The number of benzene rings is 2. The van der Waals surface area contributed by atoms with Gasteiger partial charge in [0.25, 0.3) is 0 Å². The molecule has 1 aromatic heterocycles.